The summed E-state index contributed by atoms with van der Waals surface area (Å²) in [7, 11) is 1.66. The SMILES string of the molecule is COCCN(c1ncc(C(=O)O)s1)C1CC1. The van der Waals surface area contributed by atoms with Crippen LogP contribution in [-0.4, -0.2) is 42.4 Å². The minimum atomic E-state index is -0.911. The Morgan fingerprint density at radius 1 is 1.75 bits per heavy atom. The average molecular weight is 242 g/mol. The van der Waals surface area contributed by atoms with Gasteiger partial charge >= 0.3 is 5.97 Å². The molecule has 88 valence electrons. The lowest BCUT2D eigenvalue weighted by molar-refractivity contribution is 0.0702. The molecule has 1 heterocycles. The lowest BCUT2D eigenvalue weighted by atomic mass is 10.5. The lowest BCUT2D eigenvalue weighted by Gasteiger charge is -2.20. The van der Waals surface area contributed by atoms with Crippen molar-refractivity contribution in [2.24, 2.45) is 0 Å². The average Bonchev–Trinajstić information content (AvgIpc) is 2.96. The van der Waals surface area contributed by atoms with Gasteiger partial charge in [0.05, 0.1) is 12.8 Å². The maximum Gasteiger partial charge on any atom is 0.347 e. The number of thiazole rings is 1. The molecule has 1 saturated carbocycles. The van der Waals surface area contributed by atoms with Crippen LogP contribution in [0.3, 0.4) is 0 Å². The molecule has 2 rings (SSSR count). The van der Waals surface area contributed by atoms with E-state index in [1.54, 1.807) is 7.11 Å². The number of rotatable bonds is 6. The molecule has 0 radical (unpaired) electrons. The Morgan fingerprint density at radius 3 is 3.00 bits per heavy atom. The number of hydrogen-bond donors (Lipinski definition) is 1. The normalized spacial score (nSPS) is 15.1. The molecule has 1 N–H and O–H groups in total. The van der Waals surface area contributed by atoms with E-state index in [0.717, 1.165) is 24.5 Å². The fourth-order valence-electron chi connectivity index (χ4n) is 1.51. The van der Waals surface area contributed by atoms with Crippen molar-refractivity contribution in [2.75, 3.05) is 25.2 Å². The first kappa shape index (κ1) is 11.3. The van der Waals surface area contributed by atoms with E-state index < -0.39 is 5.97 Å². The van der Waals surface area contributed by atoms with E-state index >= 15 is 0 Å². The van der Waals surface area contributed by atoms with Crippen molar-refractivity contribution in [3.8, 4) is 0 Å². The fourth-order valence-corrected chi connectivity index (χ4v) is 2.36. The molecule has 1 aromatic rings. The molecular weight excluding hydrogens is 228 g/mol. The number of aromatic nitrogens is 1. The third kappa shape index (κ3) is 2.51. The van der Waals surface area contributed by atoms with Crippen LogP contribution in [0.1, 0.15) is 22.5 Å². The summed E-state index contributed by atoms with van der Waals surface area (Å²) < 4.78 is 5.04. The van der Waals surface area contributed by atoms with Crippen LogP contribution >= 0.6 is 11.3 Å². The quantitative estimate of drug-likeness (QED) is 0.818. The summed E-state index contributed by atoms with van der Waals surface area (Å²) in [4.78, 5) is 17.4. The zero-order chi connectivity index (χ0) is 11.5. The lowest BCUT2D eigenvalue weighted by Crippen LogP contribution is -2.29. The second-order valence-corrected chi connectivity index (χ2v) is 4.74. The van der Waals surface area contributed by atoms with Gasteiger partial charge in [-0.05, 0) is 12.8 Å². The highest BCUT2D eigenvalue weighted by Crippen LogP contribution is 2.33. The maximum atomic E-state index is 10.8. The van der Waals surface area contributed by atoms with Gasteiger partial charge in [0.2, 0.25) is 0 Å². The smallest absolute Gasteiger partial charge is 0.347 e. The number of nitrogens with zero attached hydrogens (tertiary/aromatic N) is 2. The second-order valence-electron chi connectivity index (χ2n) is 3.73. The molecule has 1 aromatic heterocycles. The Bertz CT molecular complexity index is 376. The van der Waals surface area contributed by atoms with Crippen LogP contribution in [-0.2, 0) is 4.74 Å². The van der Waals surface area contributed by atoms with Gasteiger partial charge in [-0.3, -0.25) is 0 Å². The van der Waals surface area contributed by atoms with E-state index in [2.05, 4.69) is 9.88 Å². The van der Waals surface area contributed by atoms with Crippen molar-refractivity contribution in [3.05, 3.63) is 11.1 Å². The van der Waals surface area contributed by atoms with Gasteiger partial charge in [0.25, 0.3) is 0 Å². The van der Waals surface area contributed by atoms with E-state index in [1.807, 2.05) is 0 Å². The molecule has 0 aromatic carbocycles. The van der Waals surface area contributed by atoms with Crippen LogP contribution < -0.4 is 4.90 Å². The molecule has 1 aliphatic carbocycles. The molecule has 0 saturated heterocycles. The molecule has 6 heteroatoms. The van der Waals surface area contributed by atoms with E-state index in [4.69, 9.17) is 9.84 Å². The largest absolute Gasteiger partial charge is 0.477 e. The number of carbonyl (C=O) groups is 1. The topological polar surface area (TPSA) is 62.7 Å². The predicted molar refractivity (Wildman–Crippen MR) is 61.3 cm³/mol. The van der Waals surface area contributed by atoms with Gasteiger partial charge in [-0.15, -0.1) is 0 Å². The van der Waals surface area contributed by atoms with Crippen LogP contribution in [0.15, 0.2) is 6.20 Å². The van der Waals surface area contributed by atoms with Crippen LogP contribution in [0, 0.1) is 0 Å². The molecule has 5 nitrogen and oxygen atoms in total. The van der Waals surface area contributed by atoms with E-state index in [9.17, 15) is 4.79 Å². The molecule has 0 amide bonds. The van der Waals surface area contributed by atoms with E-state index in [0.29, 0.717) is 12.6 Å². The van der Waals surface area contributed by atoms with Crippen molar-refractivity contribution >= 4 is 22.4 Å². The van der Waals surface area contributed by atoms with Crippen molar-refractivity contribution in [2.45, 2.75) is 18.9 Å². The molecular formula is C10H14N2O3S. The van der Waals surface area contributed by atoms with Crippen molar-refractivity contribution in [1.82, 2.24) is 4.98 Å². The van der Waals surface area contributed by atoms with Crippen LogP contribution in [0.5, 0.6) is 0 Å². The van der Waals surface area contributed by atoms with E-state index in [-0.39, 0.29) is 4.88 Å². The summed E-state index contributed by atoms with van der Waals surface area (Å²) in [6.45, 7) is 1.41. The van der Waals surface area contributed by atoms with Crippen LogP contribution in [0.4, 0.5) is 5.13 Å². The van der Waals surface area contributed by atoms with Gasteiger partial charge in [-0.1, -0.05) is 11.3 Å². The molecule has 16 heavy (non-hydrogen) atoms. The van der Waals surface area contributed by atoms with Crippen LogP contribution in [0.2, 0.25) is 0 Å². The number of carboxylic acid groups (broad SMARTS) is 1. The number of anilines is 1. The van der Waals surface area contributed by atoms with Crippen molar-refractivity contribution < 1.29 is 14.6 Å². The van der Waals surface area contributed by atoms with Crippen LogP contribution in [0.25, 0.3) is 0 Å². The predicted octanol–water partition coefficient (Wildman–Crippen LogP) is 1.46. The molecule has 1 aliphatic rings. The van der Waals surface area contributed by atoms with E-state index in [1.165, 1.54) is 17.5 Å². The zero-order valence-electron chi connectivity index (χ0n) is 9.05. The molecule has 1 fully saturated rings. The van der Waals surface area contributed by atoms with Gasteiger partial charge in [-0.25, -0.2) is 9.78 Å². The molecule has 0 bridgehead atoms. The number of aromatic carboxylic acids is 1. The fraction of sp³-hybridized carbons (Fsp3) is 0.600. The number of hydrogen-bond acceptors (Lipinski definition) is 5. The third-order valence-corrected chi connectivity index (χ3v) is 3.50. The second kappa shape index (κ2) is 4.80. The standard InChI is InChI=1S/C10H14N2O3S/c1-15-5-4-12(7-2-3-7)10-11-6-8(16-10)9(13)14/h6-7H,2-5H2,1H3,(H,13,14). The molecule has 0 spiro atoms. The Balaban J connectivity index is 2.08. The first-order chi connectivity index (χ1) is 7.72. The molecule has 0 unspecified atom stereocenters. The summed E-state index contributed by atoms with van der Waals surface area (Å²) in [5.74, 6) is -0.911. The van der Waals surface area contributed by atoms with Gasteiger partial charge in [-0.2, -0.15) is 0 Å². The summed E-state index contributed by atoms with van der Waals surface area (Å²) in [5.41, 5.74) is 0. The highest BCUT2D eigenvalue weighted by Gasteiger charge is 2.31. The first-order valence-electron chi connectivity index (χ1n) is 5.17. The van der Waals surface area contributed by atoms with Gasteiger partial charge in [0, 0.05) is 19.7 Å². The number of methoxy groups -OCH3 is 1. The maximum absolute atomic E-state index is 10.8. The monoisotopic (exact) mass is 242 g/mol. The van der Waals surface area contributed by atoms with Gasteiger partial charge < -0.3 is 14.7 Å². The van der Waals surface area contributed by atoms with Gasteiger partial charge in [0.15, 0.2) is 5.13 Å². The molecule has 0 atom stereocenters. The van der Waals surface area contributed by atoms with Crippen molar-refractivity contribution in [1.29, 1.82) is 0 Å². The molecule has 0 aliphatic heterocycles. The van der Waals surface area contributed by atoms with Gasteiger partial charge in [0.1, 0.15) is 4.88 Å². The minimum Gasteiger partial charge on any atom is -0.477 e. The highest BCUT2D eigenvalue weighted by molar-refractivity contribution is 7.17. The van der Waals surface area contributed by atoms with Crippen molar-refractivity contribution in [3.63, 3.8) is 0 Å². The summed E-state index contributed by atoms with van der Waals surface area (Å²) >= 11 is 1.23. The zero-order valence-corrected chi connectivity index (χ0v) is 9.87. The summed E-state index contributed by atoms with van der Waals surface area (Å²) in [5, 5.41) is 9.63. The summed E-state index contributed by atoms with van der Waals surface area (Å²) in [6.07, 6.45) is 3.74. The minimum absolute atomic E-state index is 0.290. The Kier molecular flexibility index (Phi) is 3.40. The Morgan fingerprint density at radius 2 is 2.50 bits per heavy atom. The third-order valence-electron chi connectivity index (χ3n) is 2.47. The Labute approximate surface area is 97.7 Å². The Hall–Kier alpha value is -1.14. The first-order valence-corrected chi connectivity index (χ1v) is 5.98. The number of ether oxygens (including phenoxy) is 1. The highest BCUT2D eigenvalue weighted by atomic mass is 32.1. The summed E-state index contributed by atoms with van der Waals surface area (Å²) in [6, 6.07) is 0.517. The number of carboxylic acids is 1.